The number of pyridine rings is 1. The molecule has 2 rings (SSSR count). The van der Waals surface area contributed by atoms with Crippen molar-refractivity contribution in [3.63, 3.8) is 0 Å². The van der Waals surface area contributed by atoms with Crippen LogP contribution < -0.4 is 4.74 Å². The van der Waals surface area contributed by atoms with E-state index >= 15 is 0 Å². The van der Waals surface area contributed by atoms with E-state index in [1.807, 2.05) is 26.1 Å². The van der Waals surface area contributed by atoms with Gasteiger partial charge in [-0.05, 0) is 19.1 Å². The van der Waals surface area contributed by atoms with Gasteiger partial charge in [0.15, 0.2) is 5.82 Å². The summed E-state index contributed by atoms with van der Waals surface area (Å²) in [4.78, 5) is 8.67. The number of rotatable bonds is 4. The van der Waals surface area contributed by atoms with Crippen LogP contribution in [-0.4, -0.2) is 26.4 Å². The fourth-order valence-corrected chi connectivity index (χ4v) is 1.65. The summed E-state index contributed by atoms with van der Waals surface area (Å²) in [7, 11) is 1.89. The van der Waals surface area contributed by atoms with Gasteiger partial charge in [0.2, 0.25) is 5.88 Å². The van der Waals surface area contributed by atoms with Crippen LogP contribution in [0.25, 0.3) is 11.4 Å². The van der Waals surface area contributed by atoms with E-state index in [9.17, 15) is 0 Å². The van der Waals surface area contributed by atoms with Gasteiger partial charge in [-0.3, -0.25) is 4.68 Å². The normalized spacial score (nSPS) is 10.5. The van der Waals surface area contributed by atoms with Crippen molar-refractivity contribution in [2.24, 2.45) is 7.05 Å². The molecule has 0 radical (unpaired) electrons. The molecule has 0 amide bonds. The lowest BCUT2D eigenvalue weighted by molar-refractivity contribution is 0.328. The lowest BCUT2D eigenvalue weighted by Crippen LogP contribution is -1.98. The predicted molar refractivity (Wildman–Crippen MR) is 64.8 cm³/mol. The molecule has 2 heterocycles. The van der Waals surface area contributed by atoms with Crippen molar-refractivity contribution in [2.75, 3.05) is 6.61 Å². The largest absolute Gasteiger partial charge is 0.477 e. The smallest absolute Gasteiger partial charge is 0.224 e. The summed E-state index contributed by atoms with van der Waals surface area (Å²) in [5, 5.41) is 4.38. The number of aromatic nitrogens is 4. The van der Waals surface area contributed by atoms with Crippen LogP contribution in [0.2, 0.25) is 0 Å². The number of hydrogen-bond acceptors (Lipinski definition) is 4. The van der Waals surface area contributed by atoms with Crippen LogP contribution in [0.4, 0.5) is 0 Å². The molecule has 0 atom stereocenters. The second-order valence-corrected chi connectivity index (χ2v) is 3.62. The van der Waals surface area contributed by atoms with E-state index in [0.717, 1.165) is 17.8 Å². The zero-order valence-electron chi connectivity index (χ0n) is 10.3. The molecule has 5 nitrogen and oxygen atoms in total. The van der Waals surface area contributed by atoms with Crippen LogP contribution in [0.15, 0.2) is 18.3 Å². The van der Waals surface area contributed by atoms with Gasteiger partial charge in [0, 0.05) is 19.7 Å². The first-order valence-corrected chi connectivity index (χ1v) is 5.74. The Morgan fingerprint density at radius 1 is 1.35 bits per heavy atom. The molecule has 0 bridgehead atoms. The summed E-state index contributed by atoms with van der Waals surface area (Å²) < 4.78 is 7.26. The minimum absolute atomic E-state index is 0.581. The summed E-state index contributed by atoms with van der Waals surface area (Å²) in [6.07, 6.45) is 2.56. The third-order valence-corrected chi connectivity index (χ3v) is 2.46. The van der Waals surface area contributed by atoms with E-state index in [-0.39, 0.29) is 0 Å². The molecule has 17 heavy (non-hydrogen) atoms. The van der Waals surface area contributed by atoms with Crippen LogP contribution in [0.1, 0.15) is 19.7 Å². The van der Waals surface area contributed by atoms with E-state index in [1.165, 1.54) is 0 Å². The Balaban J connectivity index is 2.44. The molecule has 0 N–H and O–H groups in total. The second kappa shape index (κ2) is 4.95. The van der Waals surface area contributed by atoms with Crippen molar-refractivity contribution < 1.29 is 4.74 Å². The first-order chi connectivity index (χ1) is 8.26. The fraction of sp³-hybridized carbons (Fsp3) is 0.417. The summed E-state index contributed by atoms with van der Waals surface area (Å²) >= 11 is 0. The molecule has 5 heteroatoms. The molecular formula is C12H16N4O. The number of nitrogens with zero attached hydrogens (tertiary/aromatic N) is 4. The summed E-state index contributed by atoms with van der Waals surface area (Å²) in [5.41, 5.74) is 0.838. The Bertz CT molecular complexity index is 507. The topological polar surface area (TPSA) is 52.8 Å². The van der Waals surface area contributed by atoms with Gasteiger partial charge in [-0.1, -0.05) is 6.92 Å². The molecule has 0 unspecified atom stereocenters. The molecule has 0 aromatic carbocycles. The van der Waals surface area contributed by atoms with Gasteiger partial charge >= 0.3 is 0 Å². The zero-order valence-corrected chi connectivity index (χ0v) is 10.3. The van der Waals surface area contributed by atoms with Crippen LogP contribution in [0.3, 0.4) is 0 Å². The third-order valence-electron chi connectivity index (χ3n) is 2.46. The molecule has 0 fully saturated rings. The van der Waals surface area contributed by atoms with Crippen LogP contribution in [0.5, 0.6) is 5.88 Å². The molecule has 2 aromatic rings. The standard InChI is InChI=1S/C12H16N4O/c1-4-10-14-11(15-16(10)3)9-7-6-8-13-12(9)17-5-2/h6-8H,4-5H2,1-3H3. The van der Waals surface area contributed by atoms with Crippen molar-refractivity contribution in [2.45, 2.75) is 20.3 Å². The van der Waals surface area contributed by atoms with Crippen molar-refractivity contribution in [3.8, 4) is 17.3 Å². The lowest BCUT2D eigenvalue weighted by atomic mass is 10.2. The second-order valence-electron chi connectivity index (χ2n) is 3.62. The molecule has 0 aliphatic rings. The number of ether oxygens (including phenoxy) is 1. The van der Waals surface area contributed by atoms with E-state index in [0.29, 0.717) is 18.3 Å². The van der Waals surface area contributed by atoms with Gasteiger partial charge < -0.3 is 4.74 Å². The highest BCUT2D eigenvalue weighted by Crippen LogP contribution is 2.24. The summed E-state index contributed by atoms with van der Waals surface area (Å²) in [6.45, 7) is 4.57. The van der Waals surface area contributed by atoms with E-state index in [1.54, 1.807) is 10.9 Å². The minimum Gasteiger partial charge on any atom is -0.477 e. The Labute approximate surface area is 100 Å². The first kappa shape index (κ1) is 11.6. The molecule has 0 aliphatic heterocycles. The average molecular weight is 232 g/mol. The zero-order chi connectivity index (χ0) is 12.3. The Hall–Kier alpha value is -1.91. The predicted octanol–water partition coefficient (Wildman–Crippen LogP) is 1.84. The molecule has 0 saturated carbocycles. The highest BCUT2D eigenvalue weighted by atomic mass is 16.5. The maximum atomic E-state index is 5.47. The van der Waals surface area contributed by atoms with Gasteiger partial charge in [-0.15, -0.1) is 0 Å². The maximum Gasteiger partial charge on any atom is 0.224 e. The summed E-state index contributed by atoms with van der Waals surface area (Å²) in [6, 6.07) is 3.78. The number of hydrogen-bond donors (Lipinski definition) is 0. The van der Waals surface area contributed by atoms with Gasteiger partial charge in [-0.25, -0.2) is 9.97 Å². The molecule has 0 saturated heterocycles. The molecule has 90 valence electrons. The van der Waals surface area contributed by atoms with Crippen molar-refractivity contribution in [1.82, 2.24) is 19.7 Å². The molecule has 0 aliphatic carbocycles. The Morgan fingerprint density at radius 2 is 2.18 bits per heavy atom. The van der Waals surface area contributed by atoms with Crippen LogP contribution in [0, 0.1) is 0 Å². The van der Waals surface area contributed by atoms with Crippen molar-refractivity contribution >= 4 is 0 Å². The maximum absolute atomic E-state index is 5.47. The van der Waals surface area contributed by atoms with Crippen LogP contribution in [-0.2, 0) is 13.5 Å². The van der Waals surface area contributed by atoms with E-state index in [4.69, 9.17) is 4.74 Å². The molecular weight excluding hydrogens is 216 g/mol. The van der Waals surface area contributed by atoms with E-state index < -0.39 is 0 Å². The fourth-order valence-electron chi connectivity index (χ4n) is 1.65. The quantitative estimate of drug-likeness (QED) is 0.807. The third kappa shape index (κ3) is 2.27. The molecule has 0 spiro atoms. The average Bonchev–Trinajstić information content (AvgIpc) is 2.71. The Kier molecular flexibility index (Phi) is 3.37. The Morgan fingerprint density at radius 3 is 2.82 bits per heavy atom. The van der Waals surface area contributed by atoms with Crippen molar-refractivity contribution in [1.29, 1.82) is 0 Å². The SMILES string of the molecule is CCOc1ncccc1-c1nc(CC)n(C)n1. The van der Waals surface area contributed by atoms with Gasteiger partial charge in [0.25, 0.3) is 0 Å². The highest BCUT2D eigenvalue weighted by molar-refractivity contribution is 5.60. The van der Waals surface area contributed by atoms with E-state index in [2.05, 4.69) is 22.0 Å². The molecule has 2 aromatic heterocycles. The lowest BCUT2D eigenvalue weighted by Gasteiger charge is -2.04. The first-order valence-electron chi connectivity index (χ1n) is 5.74. The van der Waals surface area contributed by atoms with Crippen molar-refractivity contribution in [3.05, 3.63) is 24.2 Å². The monoisotopic (exact) mass is 232 g/mol. The summed E-state index contributed by atoms with van der Waals surface area (Å²) in [5.74, 6) is 2.20. The van der Waals surface area contributed by atoms with Gasteiger partial charge in [-0.2, -0.15) is 5.10 Å². The van der Waals surface area contributed by atoms with Gasteiger partial charge in [0.1, 0.15) is 5.82 Å². The van der Waals surface area contributed by atoms with Gasteiger partial charge in [0.05, 0.1) is 12.2 Å². The van der Waals surface area contributed by atoms with Crippen LogP contribution >= 0.6 is 0 Å². The number of aryl methyl sites for hydroxylation is 2. The minimum atomic E-state index is 0.581. The highest BCUT2D eigenvalue weighted by Gasteiger charge is 2.13.